The Hall–Kier alpha value is -2.21. The van der Waals surface area contributed by atoms with Crippen molar-refractivity contribution in [2.24, 2.45) is 5.73 Å². The van der Waals surface area contributed by atoms with Crippen molar-refractivity contribution < 1.29 is 39.2 Å². The molecule has 0 aromatic carbocycles. The minimum absolute atomic E-state index is 0.153. The average Bonchev–Trinajstić information content (AvgIpc) is 2.93. The highest BCUT2D eigenvalue weighted by Crippen LogP contribution is 2.26. The summed E-state index contributed by atoms with van der Waals surface area (Å²) < 4.78 is 10.6. The van der Waals surface area contributed by atoms with Crippen LogP contribution in [0.4, 0.5) is 4.79 Å². The molecule has 2 amide bonds. The fourth-order valence-corrected chi connectivity index (χ4v) is 3.14. The molecular formula is C18H29N3O8. The van der Waals surface area contributed by atoms with E-state index in [-0.39, 0.29) is 19.4 Å². The number of unbranched alkanes of at least 4 members (excludes halogenated alkanes) is 4. The Morgan fingerprint density at radius 2 is 1.79 bits per heavy atom. The summed E-state index contributed by atoms with van der Waals surface area (Å²) in [6.07, 6.45) is 1.47. The molecule has 6 N–H and O–H groups in total. The van der Waals surface area contributed by atoms with Crippen LogP contribution in [0.25, 0.3) is 0 Å². The van der Waals surface area contributed by atoms with Crippen molar-refractivity contribution in [1.82, 2.24) is 10.2 Å². The average molecular weight is 415 g/mol. The van der Waals surface area contributed by atoms with Gasteiger partial charge >= 0.3 is 18.0 Å². The molecule has 5 unspecified atom stereocenters. The molecule has 11 nitrogen and oxygen atoms in total. The molecule has 0 aromatic rings. The summed E-state index contributed by atoms with van der Waals surface area (Å²) in [4.78, 5) is 35.3. The van der Waals surface area contributed by atoms with Gasteiger partial charge in [-0.15, -0.1) is 0 Å². The number of aliphatic hydroxyl groups is 2. The van der Waals surface area contributed by atoms with E-state index in [0.717, 1.165) is 24.2 Å². The predicted octanol–water partition coefficient (Wildman–Crippen LogP) is -0.385. The number of nitrogens with two attached hydrogens (primary N) is 1. The summed E-state index contributed by atoms with van der Waals surface area (Å²) in [6, 6.07) is -0.572. The molecule has 0 aliphatic carbocycles. The monoisotopic (exact) mass is 415 g/mol. The van der Waals surface area contributed by atoms with Gasteiger partial charge in [-0.3, -0.25) is 14.5 Å². The SMILES string of the molecule is NC1C=CN(C2OC(COC(=O)CCCCCCCC(=O)O)C(O)C2O)C(=O)N1. The third-order valence-electron chi connectivity index (χ3n) is 4.77. The maximum atomic E-state index is 12.0. The number of nitrogens with zero attached hydrogens (tertiary/aromatic N) is 1. The van der Waals surface area contributed by atoms with E-state index in [2.05, 4.69) is 5.32 Å². The quantitative estimate of drug-likeness (QED) is 0.223. The van der Waals surface area contributed by atoms with Gasteiger partial charge in [0.2, 0.25) is 0 Å². The summed E-state index contributed by atoms with van der Waals surface area (Å²) >= 11 is 0. The molecule has 164 valence electrons. The van der Waals surface area contributed by atoms with Gasteiger partial charge < -0.3 is 35.8 Å². The minimum Gasteiger partial charge on any atom is -0.481 e. The number of carboxylic acid groups (broad SMARTS) is 1. The number of aliphatic carboxylic acids is 1. The molecular weight excluding hydrogens is 386 g/mol. The highest BCUT2D eigenvalue weighted by atomic mass is 16.6. The fraction of sp³-hybridized carbons (Fsp3) is 0.722. The third-order valence-corrected chi connectivity index (χ3v) is 4.77. The molecule has 0 aromatic heterocycles. The van der Waals surface area contributed by atoms with Crippen LogP contribution in [0.5, 0.6) is 0 Å². The summed E-state index contributed by atoms with van der Waals surface area (Å²) in [5, 5.41) is 31.3. The van der Waals surface area contributed by atoms with Crippen LogP contribution in [0, 0.1) is 0 Å². The lowest BCUT2D eigenvalue weighted by atomic mass is 10.1. The molecule has 2 aliphatic heterocycles. The molecule has 11 heteroatoms. The van der Waals surface area contributed by atoms with E-state index in [4.69, 9.17) is 20.3 Å². The summed E-state index contributed by atoms with van der Waals surface area (Å²) in [7, 11) is 0. The molecule has 0 bridgehead atoms. The standard InChI is InChI=1S/C18H29N3O8/c19-12-8-9-21(18(27)20-12)17-16(26)15(25)11(29-17)10-28-14(24)7-5-3-1-2-4-6-13(22)23/h8-9,11-12,15-17,25-26H,1-7,10,19H2,(H,20,27)(H,22,23). The number of urea groups is 1. The lowest BCUT2D eigenvalue weighted by Crippen LogP contribution is -2.55. The largest absolute Gasteiger partial charge is 0.481 e. The van der Waals surface area contributed by atoms with Gasteiger partial charge in [-0.1, -0.05) is 19.3 Å². The molecule has 29 heavy (non-hydrogen) atoms. The lowest BCUT2D eigenvalue weighted by Gasteiger charge is -2.31. The second kappa shape index (κ2) is 11.1. The molecule has 2 heterocycles. The third kappa shape index (κ3) is 6.96. The maximum absolute atomic E-state index is 12.0. The van der Waals surface area contributed by atoms with Crippen molar-refractivity contribution in [3.8, 4) is 0 Å². The van der Waals surface area contributed by atoms with E-state index in [1.165, 1.54) is 12.3 Å². The lowest BCUT2D eigenvalue weighted by molar-refractivity contribution is -0.150. The van der Waals surface area contributed by atoms with Gasteiger partial charge in [-0.2, -0.15) is 0 Å². The van der Waals surface area contributed by atoms with E-state index in [0.29, 0.717) is 12.8 Å². The first-order valence-electron chi connectivity index (χ1n) is 9.71. The van der Waals surface area contributed by atoms with E-state index in [1.54, 1.807) is 0 Å². The topological polar surface area (TPSA) is 172 Å². The minimum atomic E-state index is -1.37. The van der Waals surface area contributed by atoms with E-state index in [1.807, 2.05) is 0 Å². The number of rotatable bonds is 11. The van der Waals surface area contributed by atoms with Crippen molar-refractivity contribution in [2.45, 2.75) is 75.7 Å². The van der Waals surface area contributed by atoms with E-state index >= 15 is 0 Å². The highest BCUT2D eigenvalue weighted by Gasteiger charge is 2.47. The Bertz CT molecular complexity index is 614. The number of carboxylic acids is 1. The fourth-order valence-electron chi connectivity index (χ4n) is 3.14. The first kappa shape index (κ1) is 23.1. The second-order valence-electron chi connectivity index (χ2n) is 7.11. The summed E-state index contributed by atoms with van der Waals surface area (Å²) in [5.74, 6) is -1.26. The number of nitrogens with one attached hydrogen (secondary N) is 1. The molecule has 0 radical (unpaired) electrons. The zero-order valence-electron chi connectivity index (χ0n) is 16.1. The number of hydrogen-bond acceptors (Lipinski definition) is 8. The Morgan fingerprint density at radius 3 is 2.45 bits per heavy atom. The molecule has 2 rings (SSSR count). The number of carbonyl (C=O) groups is 3. The van der Waals surface area contributed by atoms with Crippen LogP contribution in [0.3, 0.4) is 0 Å². The molecule has 1 saturated heterocycles. The van der Waals surface area contributed by atoms with Gasteiger partial charge in [0.1, 0.15) is 24.9 Å². The van der Waals surface area contributed by atoms with E-state index in [9.17, 15) is 24.6 Å². The zero-order chi connectivity index (χ0) is 21.4. The molecule has 1 fully saturated rings. The normalized spacial score (nSPS) is 29.0. The van der Waals surface area contributed by atoms with Gasteiger partial charge in [0.05, 0.1) is 6.17 Å². The van der Waals surface area contributed by atoms with Crippen LogP contribution in [0.15, 0.2) is 12.3 Å². The zero-order valence-corrected chi connectivity index (χ0v) is 16.1. The number of esters is 1. The van der Waals surface area contributed by atoms with Crippen LogP contribution < -0.4 is 11.1 Å². The van der Waals surface area contributed by atoms with Gasteiger partial charge in [0.15, 0.2) is 6.23 Å². The first-order valence-corrected chi connectivity index (χ1v) is 9.71. The molecule has 2 aliphatic rings. The van der Waals surface area contributed by atoms with E-state index < -0.39 is 48.7 Å². The van der Waals surface area contributed by atoms with Crippen molar-refractivity contribution in [1.29, 1.82) is 0 Å². The van der Waals surface area contributed by atoms with Crippen LogP contribution in [-0.4, -0.2) is 75.5 Å². The van der Waals surface area contributed by atoms with Gasteiger partial charge in [-0.25, -0.2) is 4.79 Å². The van der Waals surface area contributed by atoms with Gasteiger partial charge in [-0.05, 0) is 18.9 Å². The maximum Gasteiger partial charge on any atom is 0.325 e. The summed E-state index contributed by atoms with van der Waals surface area (Å²) in [5.41, 5.74) is 5.56. The summed E-state index contributed by atoms with van der Waals surface area (Å²) in [6.45, 7) is -0.245. The Labute approximate surface area is 168 Å². The smallest absolute Gasteiger partial charge is 0.325 e. The number of amides is 2. The predicted molar refractivity (Wildman–Crippen MR) is 99.1 cm³/mol. The number of aliphatic hydroxyl groups excluding tert-OH is 2. The van der Waals surface area contributed by atoms with Crippen molar-refractivity contribution >= 4 is 18.0 Å². The molecule has 0 spiro atoms. The van der Waals surface area contributed by atoms with Crippen molar-refractivity contribution in [2.75, 3.05) is 6.61 Å². The first-order chi connectivity index (χ1) is 13.8. The number of hydrogen-bond donors (Lipinski definition) is 5. The van der Waals surface area contributed by atoms with Crippen LogP contribution in [0.2, 0.25) is 0 Å². The second-order valence-corrected chi connectivity index (χ2v) is 7.11. The van der Waals surface area contributed by atoms with Gasteiger partial charge in [0, 0.05) is 19.0 Å². The van der Waals surface area contributed by atoms with Crippen LogP contribution in [-0.2, 0) is 19.1 Å². The van der Waals surface area contributed by atoms with Crippen molar-refractivity contribution in [3.05, 3.63) is 12.3 Å². The highest BCUT2D eigenvalue weighted by molar-refractivity contribution is 5.77. The van der Waals surface area contributed by atoms with Crippen LogP contribution in [0.1, 0.15) is 44.9 Å². The van der Waals surface area contributed by atoms with Crippen LogP contribution >= 0.6 is 0 Å². The Kier molecular flexibility index (Phi) is 8.83. The number of ether oxygens (including phenoxy) is 2. The molecule has 0 saturated carbocycles. The Morgan fingerprint density at radius 1 is 1.14 bits per heavy atom. The van der Waals surface area contributed by atoms with Gasteiger partial charge in [0.25, 0.3) is 0 Å². The molecule has 5 atom stereocenters. The number of carbonyl (C=O) groups excluding carboxylic acids is 2. The van der Waals surface area contributed by atoms with Crippen molar-refractivity contribution in [3.63, 3.8) is 0 Å². The Balaban J connectivity index is 1.67.